The zero-order valence-electron chi connectivity index (χ0n) is 11.3. The Balaban J connectivity index is 3.32. The van der Waals surface area contributed by atoms with E-state index in [1.54, 1.807) is 14.2 Å². The van der Waals surface area contributed by atoms with Crippen LogP contribution in [0.3, 0.4) is 0 Å². The van der Waals surface area contributed by atoms with Crippen molar-refractivity contribution in [2.45, 2.75) is 38.9 Å². The molecule has 0 saturated heterocycles. The number of nitrogen functional groups attached to an aromatic ring is 1. The SMILES string of the molecule is CCC(CC)(OC)c1nc(N)c(I)c(COC)n1. The Morgan fingerprint density at radius 2 is 1.83 bits per heavy atom. The van der Waals surface area contributed by atoms with Gasteiger partial charge in [0.05, 0.1) is 15.9 Å². The molecule has 0 fully saturated rings. The van der Waals surface area contributed by atoms with Crippen LogP contribution in [0.4, 0.5) is 5.82 Å². The fourth-order valence-corrected chi connectivity index (χ4v) is 2.29. The van der Waals surface area contributed by atoms with Crippen LogP contribution in [0.25, 0.3) is 0 Å². The number of nitrogens with two attached hydrogens (primary N) is 1. The fraction of sp³-hybridized carbons (Fsp3) is 0.667. The topological polar surface area (TPSA) is 70.3 Å². The van der Waals surface area contributed by atoms with Crippen LogP contribution in [0.5, 0.6) is 0 Å². The summed E-state index contributed by atoms with van der Waals surface area (Å²) in [5.74, 6) is 1.12. The summed E-state index contributed by atoms with van der Waals surface area (Å²) < 4.78 is 11.6. The molecule has 0 spiro atoms. The van der Waals surface area contributed by atoms with E-state index in [0.29, 0.717) is 18.2 Å². The standard InChI is InChI=1S/C12H20IN3O2/c1-5-12(6-2,18-4)11-15-8(7-17-3)9(13)10(14)16-11/h5-7H2,1-4H3,(H2,14,15,16). The summed E-state index contributed by atoms with van der Waals surface area (Å²) in [6, 6.07) is 0. The monoisotopic (exact) mass is 365 g/mol. The van der Waals surface area contributed by atoms with E-state index in [4.69, 9.17) is 15.2 Å². The molecule has 0 amide bonds. The second-order valence-corrected chi connectivity index (χ2v) is 5.11. The normalized spacial score (nSPS) is 11.8. The van der Waals surface area contributed by atoms with Gasteiger partial charge in [0.1, 0.15) is 11.4 Å². The van der Waals surface area contributed by atoms with Crippen molar-refractivity contribution in [2.24, 2.45) is 0 Å². The molecule has 0 unspecified atom stereocenters. The highest BCUT2D eigenvalue weighted by Gasteiger charge is 2.32. The molecule has 0 aliphatic rings. The fourth-order valence-electron chi connectivity index (χ4n) is 1.90. The minimum Gasteiger partial charge on any atom is -0.383 e. The average Bonchev–Trinajstić information content (AvgIpc) is 2.38. The Bertz CT molecular complexity index is 400. The highest BCUT2D eigenvalue weighted by atomic mass is 127. The van der Waals surface area contributed by atoms with Gasteiger partial charge in [-0.05, 0) is 35.4 Å². The van der Waals surface area contributed by atoms with E-state index in [2.05, 4.69) is 46.4 Å². The maximum atomic E-state index is 5.94. The average molecular weight is 365 g/mol. The van der Waals surface area contributed by atoms with E-state index in [9.17, 15) is 0 Å². The molecule has 18 heavy (non-hydrogen) atoms. The third kappa shape index (κ3) is 2.92. The number of methoxy groups -OCH3 is 2. The van der Waals surface area contributed by atoms with Crippen molar-refractivity contribution < 1.29 is 9.47 Å². The molecule has 0 aromatic carbocycles. The number of rotatable bonds is 6. The van der Waals surface area contributed by atoms with Gasteiger partial charge in [-0.3, -0.25) is 0 Å². The van der Waals surface area contributed by atoms with Gasteiger partial charge in [0, 0.05) is 14.2 Å². The van der Waals surface area contributed by atoms with Crippen molar-refractivity contribution in [3.63, 3.8) is 0 Å². The van der Waals surface area contributed by atoms with Gasteiger partial charge in [0.2, 0.25) is 0 Å². The molecule has 0 atom stereocenters. The first-order valence-electron chi connectivity index (χ1n) is 5.91. The third-order valence-electron chi connectivity index (χ3n) is 3.17. The highest BCUT2D eigenvalue weighted by molar-refractivity contribution is 14.1. The lowest BCUT2D eigenvalue weighted by molar-refractivity contribution is -0.0294. The van der Waals surface area contributed by atoms with Gasteiger partial charge in [0.15, 0.2) is 5.82 Å². The van der Waals surface area contributed by atoms with Crippen LogP contribution in [0, 0.1) is 3.57 Å². The first-order chi connectivity index (χ1) is 8.54. The highest BCUT2D eigenvalue weighted by Crippen LogP contribution is 2.31. The molecule has 1 heterocycles. The minimum absolute atomic E-state index is 0.422. The summed E-state index contributed by atoms with van der Waals surface area (Å²) in [5.41, 5.74) is 6.28. The largest absolute Gasteiger partial charge is 0.383 e. The molecular formula is C12H20IN3O2. The van der Waals surface area contributed by atoms with Crippen molar-refractivity contribution >= 4 is 28.4 Å². The molecule has 0 aliphatic heterocycles. The molecule has 0 saturated carbocycles. The summed E-state index contributed by atoms with van der Waals surface area (Å²) in [5, 5.41) is 0. The van der Waals surface area contributed by atoms with Crippen molar-refractivity contribution in [2.75, 3.05) is 20.0 Å². The quantitative estimate of drug-likeness (QED) is 0.785. The van der Waals surface area contributed by atoms with Crippen molar-refractivity contribution in [3.05, 3.63) is 15.1 Å². The lowest BCUT2D eigenvalue weighted by Gasteiger charge is -2.29. The van der Waals surface area contributed by atoms with Crippen LogP contribution >= 0.6 is 22.6 Å². The first-order valence-corrected chi connectivity index (χ1v) is 6.99. The van der Waals surface area contributed by atoms with Crippen LogP contribution in [0.15, 0.2) is 0 Å². The summed E-state index contributed by atoms with van der Waals surface area (Å²) >= 11 is 2.14. The Kier molecular flexibility index (Phi) is 5.74. The molecular weight excluding hydrogens is 345 g/mol. The number of aromatic nitrogens is 2. The second kappa shape index (κ2) is 6.63. The molecule has 0 aliphatic carbocycles. The number of halogens is 1. The van der Waals surface area contributed by atoms with Gasteiger partial charge in [0.25, 0.3) is 0 Å². The minimum atomic E-state index is -0.471. The number of hydrogen-bond acceptors (Lipinski definition) is 5. The summed E-state index contributed by atoms with van der Waals surface area (Å²) in [6.45, 7) is 4.53. The van der Waals surface area contributed by atoms with Gasteiger partial charge in [-0.2, -0.15) is 0 Å². The molecule has 2 N–H and O–H groups in total. The van der Waals surface area contributed by atoms with Crippen molar-refractivity contribution in [1.29, 1.82) is 0 Å². The van der Waals surface area contributed by atoms with Crippen LogP contribution in [0.1, 0.15) is 38.2 Å². The van der Waals surface area contributed by atoms with E-state index in [1.807, 2.05) is 0 Å². The van der Waals surface area contributed by atoms with E-state index in [0.717, 1.165) is 22.1 Å². The van der Waals surface area contributed by atoms with Crippen LogP contribution in [0.2, 0.25) is 0 Å². The maximum Gasteiger partial charge on any atom is 0.162 e. The van der Waals surface area contributed by atoms with Crippen LogP contribution in [-0.4, -0.2) is 24.2 Å². The van der Waals surface area contributed by atoms with Crippen molar-refractivity contribution in [3.8, 4) is 0 Å². The Morgan fingerprint density at radius 1 is 1.22 bits per heavy atom. The second-order valence-electron chi connectivity index (χ2n) is 4.03. The predicted octanol–water partition coefficient (Wildman–Crippen LogP) is 2.47. The zero-order chi connectivity index (χ0) is 13.8. The zero-order valence-corrected chi connectivity index (χ0v) is 13.4. The smallest absolute Gasteiger partial charge is 0.162 e. The van der Waals surface area contributed by atoms with Crippen LogP contribution in [-0.2, 0) is 21.7 Å². The lowest BCUT2D eigenvalue weighted by atomic mass is 9.96. The van der Waals surface area contributed by atoms with Gasteiger partial charge >= 0.3 is 0 Å². The van der Waals surface area contributed by atoms with Crippen LogP contribution < -0.4 is 5.73 Å². The van der Waals surface area contributed by atoms with E-state index in [-0.39, 0.29) is 0 Å². The van der Waals surface area contributed by atoms with Gasteiger partial charge in [-0.1, -0.05) is 13.8 Å². The van der Waals surface area contributed by atoms with Gasteiger partial charge in [-0.25, -0.2) is 9.97 Å². The number of ether oxygens (including phenoxy) is 2. The lowest BCUT2D eigenvalue weighted by Crippen LogP contribution is -2.30. The van der Waals surface area contributed by atoms with Gasteiger partial charge < -0.3 is 15.2 Å². The number of anilines is 1. The van der Waals surface area contributed by atoms with E-state index >= 15 is 0 Å². The van der Waals surface area contributed by atoms with Crippen molar-refractivity contribution in [1.82, 2.24) is 9.97 Å². The summed E-state index contributed by atoms with van der Waals surface area (Å²) in [7, 11) is 3.32. The number of nitrogens with zero attached hydrogens (tertiary/aromatic N) is 2. The summed E-state index contributed by atoms with van der Waals surface area (Å²) in [4.78, 5) is 8.94. The molecule has 1 rings (SSSR count). The molecule has 5 nitrogen and oxygen atoms in total. The van der Waals surface area contributed by atoms with E-state index in [1.165, 1.54) is 0 Å². The molecule has 0 bridgehead atoms. The molecule has 1 aromatic rings. The molecule has 1 aromatic heterocycles. The molecule has 0 radical (unpaired) electrons. The predicted molar refractivity (Wildman–Crippen MR) is 79.1 cm³/mol. The Labute approximate surface area is 122 Å². The van der Waals surface area contributed by atoms with E-state index < -0.39 is 5.60 Å². The third-order valence-corrected chi connectivity index (χ3v) is 4.34. The summed E-state index contributed by atoms with van der Waals surface area (Å²) in [6.07, 6.45) is 1.60. The van der Waals surface area contributed by atoms with Gasteiger partial charge in [-0.15, -0.1) is 0 Å². The Morgan fingerprint density at radius 3 is 2.28 bits per heavy atom. The molecule has 102 valence electrons. The first kappa shape index (κ1) is 15.6. The molecule has 6 heteroatoms. The number of hydrogen-bond donors (Lipinski definition) is 1. The Hall–Kier alpha value is -0.470. The maximum absolute atomic E-state index is 5.94.